The zero-order valence-electron chi connectivity index (χ0n) is 16.8. The van der Waals surface area contributed by atoms with E-state index in [4.69, 9.17) is 4.74 Å². The van der Waals surface area contributed by atoms with Gasteiger partial charge in [0.1, 0.15) is 5.00 Å². The molecule has 2 amide bonds. The number of rotatable bonds is 6. The fraction of sp³-hybridized carbons (Fsp3) is 0.333. The van der Waals surface area contributed by atoms with Gasteiger partial charge in [0.2, 0.25) is 0 Å². The quantitative estimate of drug-likeness (QED) is 0.233. The van der Waals surface area contributed by atoms with Crippen LogP contribution in [-0.4, -0.2) is 36.9 Å². The van der Waals surface area contributed by atoms with Crippen LogP contribution in [0.4, 0.5) is 5.00 Å². The minimum Gasteiger partial charge on any atom is -0.462 e. The molecule has 1 aliphatic rings. The number of thiophene rings is 1. The summed E-state index contributed by atoms with van der Waals surface area (Å²) in [6.45, 7) is 1.97. The van der Waals surface area contributed by atoms with Gasteiger partial charge in [-0.2, -0.15) is 5.10 Å². The molecule has 2 aromatic rings. The highest BCUT2D eigenvalue weighted by Gasteiger charge is 2.28. The Kier molecular flexibility index (Phi) is 7.64. The van der Waals surface area contributed by atoms with Crippen LogP contribution in [0.5, 0.6) is 0 Å². The number of esters is 1. The Morgan fingerprint density at radius 3 is 2.60 bits per heavy atom. The molecule has 3 rings (SSSR count). The van der Waals surface area contributed by atoms with Gasteiger partial charge in [0, 0.05) is 9.77 Å². The Bertz CT molecular complexity index is 967. The van der Waals surface area contributed by atoms with Crippen molar-refractivity contribution in [1.82, 2.24) is 5.43 Å². The van der Waals surface area contributed by atoms with E-state index >= 15 is 0 Å². The summed E-state index contributed by atoms with van der Waals surface area (Å²) in [5.74, 6) is -2.26. The van der Waals surface area contributed by atoms with Crippen LogP contribution in [0.25, 0.3) is 0 Å². The number of fused-ring (bicyclic) bond motifs is 1. The first-order valence-corrected chi connectivity index (χ1v) is 11.7. The lowest BCUT2D eigenvalue weighted by molar-refractivity contribution is -0.136. The molecular formula is C21H23N3O4S2. The molecule has 0 saturated carbocycles. The maximum absolute atomic E-state index is 12.4. The molecule has 0 atom stereocenters. The molecule has 2 N–H and O–H groups in total. The van der Waals surface area contributed by atoms with Crippen LogP contribution in [0, 0.1) is 0 Å². The number of hydrogen-bond donors (Lipinski definition) is 2. The summed E-state index contributed by atoms with van der Waals surface area (Å²) in [4.78, 5) is 39.1. The Morgan fingerprint density at radius 2 is 1.90 bits per heavy atom. The second-order valence-electron chi connectivity index (χ2n) is 6.56. The van der Waals surface area contributed by atoms with Crippen LogP contribution in [-0.2, 0) is 27.2 Å². The van der Waals surface area contributed by atoms with Gasteiger partial charge in [0.25, 0.3) is 0 Å². The molecule has 158 valence electrons. The third kappa shape index (κ3) is 5.28. The Labute approximate surface area is 183 Å². The first-order valence-electron chi connectivity index (χ1n) is 9.63. The highest BCUT2D eigenvalue weighted by atomic mass is 32.2. The van der Waals surface area contributed by atoms with E-state index in [2.05, 4.69) is 15.8 Å². The fourth-order valence-electron chi connectivity index (χ4n) is 3.14. The highest BCUT2D eigenvalue weighted by Crippen LogP contribution is 2.38. The molecule has 1 heterocycles. The Balaban J connectivity index is 1.67. The van der Waals surface area contributed by atoms with Crippen molar-refractivity contribution < 1.29 is 19.1 Å². The van der Waals surface area contributed by atoms with E-state index in [-0.39, 0.29) is 6.61 Å². The topological polar surface area (TPSA) is 96.9 Å². The summed E-state index contributed by atoms with van der Waals surface area (Å²) in [7, 11) is 0. The van der Waals surface area contributed by atoms with Crippen LogP contribution < -0.4 is 10.7 Å². The molecule has 0 aliphatic heterocycles. The van der Waals surface area contributed by atoms with E-state index in [1.54, 1.807) is 18.7 Å². The number of aryl methyl sites for hydroxylation is 1. The number of nitrogens with one attached hydrogen (secondary N) is 2. The average Bonchev–Trinajstić information content (AvgIpc) is 3.12. The number of benzene rings is 1. The normalized spacial score (nSPS) is 13.0. The van der Waals surface area contributed by atoms with Crippen molar-refractivity contribution in [2.24, 2.45) is 5.10 Å². The molecule has 7 nitrogen and oxygen atoms in total. The molecule has 1 aliphatic carbocycles. The lowest BCUT2D eigenvalue weighted by atomic mass is 9.95. The third-order valence-corrected chi connectivity index (χ3v) is 6.53. The molecule has 0 spiro atoms. The molecule has 0 saturated heterocycles. The van der Waals surface area contributed by atoms with Gasteiger partial charge in [-0.3, -0.25) is 9.59 Å². The number of nitrogens with zero attached hydrogens (tertiary/aromatic N) is 1. The first kappa shape index (κ1) is 22.0. The largest absolute Gasteiger partial charge is 0.462 e. The molecule has 1 aromatic heterocycles. The number of hydrazone groups is 1. The van der Waals surface area contributed by atoms with Gasteiger partial charge >= 0.3 is 17.8 Å². The van der Waals surface area contributed by atoms with Crippen LogP contribution in [0.15, 0.2) is 34.3 Å². The summed E-state index contributed by atoms with van der Waals surface area (Å²) in [6, 6.07) is 7.61. The van der Waals surface area contributed by atoms with E-state index in [9.17, 15) is 14.4 Å². The smallest absolute Gasteiger partial charge is 0.341 e. The second kappa shape index (κ2) is 10.4. The van der Waals surface area contributed by atoms with Crippen LogP contribution >= 0.6 is 23.1 Å². The molecule has 1 aromatic carbocycles. The Morgan fingerprint density at radius 1 is 1.17 bits per heavy atom. The summed E-state index contributed by atoms with van der Waals surface area (Å²) >= 11 is 2.96. The maximum Gasteiger partial charge on any atom is 0.341 e. The van der Waals surface area contributed by atoms with Gasteiger partial charge < -0.3 is 10.1 Å². The molecule has 0 fully saturated rings. The second-order valence-corrected chi connectivity index (χ2v) is 8.55. The molecule has 0 unspecified atom stereocenters. The summed E-state index contributed by atoms with van der Waals surface area (Å²) in [5, 5.41) is 6.75. The van der Waals surface area contributed by atoms with Crippen molar-refractivity contribution >= 4 is 52.1 Å². The maximum atomic E-state index is 12.4. The number of anilines is 1. The van der Waals surface area contributed by atoms with Gasteiger partial charge in [0.15, 0.2) is 0 Å². The predicted octanol–water partition coefficient (Wildman–Crippen LogP) is 3.61. The molecule has 0 radical (unpaired) electrons. The van der Waals surface area contributed by atoms with Crippen LogP contribution in [0.1, 0.15) is 46.1 Å². The standard InChI is InChI=1S/C21H23N3O4S2/c1-3-28-21(27)17-15-6-4-5-7-16(15)30-20(17)23-18(25)19(26)24-22-12-13-8-10-14(29-2)11-9-13/h8-12H,3-7H2,1-2H3,(H,23,25)(H,24,26)/b22-12+. The Hall–Kier alpha value is -2.65. The zero-order chi connectivity index (χ0) is 21.5. The van der Waals surface area contributed by atoms with Crippen LogP contribution in [0.2, 0.25) is 0 Å². The number of ether oxygens (including phenoxy) is 1. The van der Waals surface area contributed by atoms with Gasteiger partial charge in [-0.1, -0.05) is 12.1 Å². The van der Waals surface area contributed by atoms with E-state index in [1.165, 1.54) is 17.6 Å². The van der Waals surface area contributed by atoms with Crippen molar-refractivity contribution in [3.63, 3.8) is 0 Å². The monoisotopic (exact) mass is 445 g/mol. The van der Waals surface area contributed by atoms with E-state index < -0.39 is 17.8 Å². The van der Waals surface area contributed by atoms with Gasteiger partial charge in [-0.15, -0.1) is 23.1 Å². The van der Waals surface area contributed by atoms with Gasteiger partial charge in [-0.25, -0.2) is 10.2 Å². The zero-order valence-corrected chi connectivity index (χ0v) is 18.5. The van der Waals surface area contributed by atoms with Crippen molar-refractivity contribution in [3.05, 3.63) is 45.8 Å². The summed E-state index contributed by atoms with van der Waals surface area (Å²) in [6.07, 6.45) is 7.09. The number of carbonyl (C=O) groups excluding carboxylic acids is 3. The van der Waals surface area contributed by atoms with Crippen molar-refractivity contribution in [2.45, 2.75) is 37.5 Å². The average molecular weight is 446 g/mol. The van der Waals surface area contributed by atoms with E-state index in [0.717, 1.165) is 46.6 Å². The van der Waals surface area contributed by atoms with E-state index in [1.807, 2.05) is 30.5 Å². The number of thioether (sulfide) groups is 1. The SMILES string of the molecule is CCOC(=O)c1c(NC(=O)C(=O)N/N=C/c2ccc(SC)cc2)sc2c1CCCC2. The summed E-state index contributed by atoms with van der Waals surface area (Å²) < 4.78 is 5.16. The van der Waals surface area contributed by atoms with Crippen LogP contribution in [0.3, 0.4) is 0 Å². The number of hydrogen-bond acceptors (Lipinski definition) is 7. The highest BCUT2D eigenvalue weighted by molar-refractivity contribution is 7.98. The third-order valence-electron chi connectivity index (χ3n) is 4.58. The molecule has 9 heteroatoms. The van der Waals surface area contributed by atoms with E-state index in [0.29, 0.717) is 10.6 Å². The summed E-state index contributed by atoms with van der Waals surface area (Å²) in [5.41, 5.74) is 4.31. The van der Waals surface area contributed by atoms with Gasteiger partial charge in [-0.05, 0) is 62.1 Å². The fourth-order valence-corrected chi connectivity index (χ4v) is 4.82. The lowest BCUT2D eigenvalue weighted by Gasteiger charge is -2.12. The first-order chi connectivity index (χ1) is 14.5. The minimum atomic E-state index is -0.909. The number of carbonyl (C=O) groups is 3. The van der Waals surface area contributed by atoms with Crippen molar-refractivity contribution in [3.8, 4) is 0 Å². The molecule has 30 heavy (non-hydrogen) atoms. The lowest BCUT2D eigenvalue weighted by Crippen LogP contribution is -2.32. The molecule has 0 bridgehead atoms. The van der Waals surface area contributed by atoms with Crippen molar-refractivity contribution in [2.75, 3.05) is 18.2 Å². The minimum absolute atomic E-state index is 0.240. The predicted molar refractivity (Wildman–Crippen MR) is 120 cm³/mol. The van der Waals surface area contributed by atoms with Gasteiger partial charge in [0.05, 0.1) is 18.4 Å². The number of amides is 2. The molecular weight excluding hydrogens is 422 g/mol. The van der Waals surface area contributed by atoms with Crippen molar-refractivity contribution in [1.29, 1.82) is 0 Å².